The van der Waals surface area contributed by atoms with Gasteiger partial charge in [-0.3, -0.25) is 9.59 Å². The molecule has 2 aromatic carbocycles. The van der Waals surface area contributed by atoms with Crippen molar-refractivity contribution in [2.75, 3.05) is 7.11 Å². The molecule has 0 amide bonds. The van der Waals surface area contributed by atoms with Gasteiger partial charge in [0.2, 0.25) is 0 Å². The van der Waals surface area contributed by atoms with Crippen molar-refractivity contribution in [2.24, 2.45) is 0 Å². The molecule has 0 unspecified atom stereocenters. The summed E-state index contributed by atoms with van der Waals surface area (Å²) >= 11 is 0. The summed E-state index contributed by atoms with van der Waals surface area (Å²) in [5, 5.41) is 0.904. The molecule has 23 heavy (non-hydrogen) atoms. The number of hydrogen-bond donors (Lipinski definition) is 1. The molecule has 1 aromatic heterocycles. The van der Waals surface area contributed by atoms with E-state index in [1.165, 1.54) is 0 Å². The largest absolute Gasteiger partial charge is 0.497 e. The first-order valence-corrected chi connectivity index (χ1v) is 7.38. The van der Waals surface area contributed by atoms with Crippen LogP contribution in [0.1, 0.15) is 21.5 Å². The van der Waals surface area contributed by atoms with E-state index in [1.54, 1.807) is 38.3 Å². The molecule has 0 aliphatic rings. The zero-order valence-electron chi connectivity index (χ0n) is 13.1. The number of aromatic amines is 1. The number of rotatable bonds is 4. The predicted octanol–water partition coefficient (Wildman–Crippen LogP) is 3.27. The molecule has 4 nitrogen and oxygen atoms in total. The average molecular weight is 307 g/mol. The number of methoxy groups -OCH3 is 1. The lowest BCUT2D eigenvalue weighted by Gasteiger charge is -2.10. The smallest absolute Gasteiger partial charge is 0.251 e. The van der Waals surface area contributed by atoms with Crippen LogP contribution in [0.2, 0.25) is 0 Å². The van der Waals surface area contributed by atoms with Crippen molar-refractivity contribution in [3.8, 4) is 5.75 Å². The number of H-pyrrole nitrogens is 1. The van der Waals surface area contributed by atoms with E-state index in [-0.39, 0.29) is 17.8 Å². The second-order valence-electron chi connectivity index (χ2n) is 5.44. The summed E-state index contributed by atoms with van der Waals surface area (Å²) in [4.78, 5) is 27.5. The molecule has 4 heteroatoms. The number of carbonyl (C=O) groups is 1. The Morgan fingerprint density at radius 3 is 2.70 bits per heavy atom. The Kier molecular flexibility index (Phi) is 3.98. The minimum atomic E-state index is -0.155. The van der Waals surface area contributed by atoms with Crippen molar-refractivity contribution < 1.29 is 9.53 Å². The average Bonchev–Trinajstić information content (AvgIpc) is 2.58. The van der Waals surface area contributed by atoms with E-state index in [0.29, 0.717) is 16.9 Å². The summed E-state index contributed by atoms with van der Waals surface area (Å²) in [6.45, 7) is 1.75. The molecule has 0 saturated heterocycles. The van der Waals surface area contributed by atoms with Crippen LogP contribution in [0.25, 0.3) is 10.9 Å². The van der Waals surface area contributed by atoms with Gasteiger partial charge in [-0.1, -0.05) is 30.3 Å². The van der Waals surface area contributed by atoms with Crippen LogP contribution in [-0.4, -0.2) is 17.9 Å². The molecule has 0 saturated carbocycles. The van der Waals surface area contributed by atoms with Crippen molar-refractivity contribution in [1.82, 2.24) is 4.98 Å². The first-order valence-electron chi connectivity index (χ1n) is 7.38. The van der Waals surface area contributed by atoms with Gasteiger partial charge in [0.15, 0.2) is 5.78 Å². The first-order chi connectivity index (χ1) is 11.1. The summed E-state index contributed by atoms with van der Waals surface area (Å²) < 4.78 is 5.16. The van der Waals surface area contributed by atoms with E-state index in [2.05, 4.69) is 4.98 Å². The minimum Gasteiger partial charge on any atom is -0.497 e. The molecular formula is C19H17NO3. The fourth-order valence-electron chi connectivity index (χ4n) is 2.70. The zero-order valence-corrected chi connectivity index (χ0v) is 13.1. The van der Waals surface area contributed by atoms with Crippen LogP contribution in [0.5, 0.6) is 5.75 Å². The van der Waals surface area contributed by atoms with Crippen LogP contribution in [0, 0.1) is 6.92 Å². The number of fused-ring (bicyclic) bond motifs is 1. The second-order valence-corrected chi connectivity index (χ2v) is 5.44. The fraction of sp³-hybridized carbons (Fsp3) is 0.158. The van der Waals surface area contributed by atoms with E-state index >= 15 is 0 Å². The van der Waals surface area contributed by atoms with Gasteiger partial charge in [0.1, 0.15) is 5.75 Å². The van der Waals surface area contributed by atoms with Gasteiger partial charge in [0.25, 0.3) is 5.56 Å². The Morgan fingerprint density at radius 2 is 1.91 bits per heavy atom. The lowest BCUT2D eigenvalue weighted by Crippen LogP contribution is -2.15. The molecule has 0 spiro atoms. The fourth-order valence-corrected chi connectivity index (χ4v) is 2.70. The van der Waals surface area contributed by atoms with E-state index in [9.17, 15) is 9.59 Å². The number of aromatic nitrogens is 1. The zero-order chi connectivity index (χ0) is 16.4. The van der Waals surface area contributed by atoms with E-state index < -0.39 is 0 Å². The van der Waals surface area contributed by atoms with Crippen molar-refractivity contribution in [2.45, 2.75) is 13.3 Å². The lowest BCUT2D eigenvalue weighted by atomic mass is 9.96. The number of benzene rings is 2. The highest BCUT2D eigenvalue weighted by atomic mass is 16.5. The molecule has 1 N–H and O–H groups in total. The maximum atomic E-state index is 12.6. The Balaban J connectivity index is 2.05. The van der Waals surface area contributed by atoms with Crippen molar-refractivity contribution in [1.29, 1.82) is 0 Å². The maximum Gasteiger partial charge on any atom is 0.251 e. The van der Waals surface area contributed by atoms with Crippen LogP contribution in [-0.2, 0) is 6.42 Å². The number of hydrogen-bond acceptors (Lipinski definition) is 3. The van der Waals surface area contributed by atoms with Crippen molar-refractivity contribution >= 4 is 16.7 Å². The van der Waals surface area contributed by atoms with Gasteiger partial charge in [0.05, 0.1) is 7.11 Å². The first kappa shape index (κ1) is 15.0. The minimum absolute atomic E-state index is 0.0391. The lowest BCUT2D eigenvalue weighted by molar-refractivity contribution is 0.0992. The van der Waals surface area contributed by atoms with Crippen molar-refractivity contribution in [3.63, 3.8) is 0 Å². The molecule has 116 valence electrons. The van der Waals surface area contributed by atoms with Gasteiger partial charge in [0, 0.05) is 28.5 Å². The molecule has 3 aromatic rings. The number of nitrogens with one attached hydrogen (secondary N) is 1. The highest BCUT2D eigenvalue weighted by Gasteiger charge is 2.14. The third-order valence-corrected chi connectivity index (χ3v) is 4.02. The van der Waals surface area contributed by atoms with Gasteiger partial charge < -0.3 is 9.72 Å². The van der Waals surface area contributed by atoms with E-state index in [1.807, 2.05) is 24.3 Å². The Labute approximate surface area is 133 Å². The predicted molar refractivity (Wildman–Crippen MR) is 90.3 cm³/mol. The molecular weight excluding hydrogens is 290 g/mol. The molecule has 0 bridgehead atoms. The Morgan fingerprint density at radius 1 is 1.13 bits per heavy atom. The van der Waals surface area contributed by atoms with E-state index in [0.717, 1.165) is 16.5 Å². The monoisotopic (exact) mass is 307 g/mol. The molecule has 1 heterocycles. The summed E-state index contributed by atoms with van der Waals surface area (Å²) in [6.07, 6.45) is 0.184. The number of ether oxygens (including phenoxy) is 1. The summed E-state index contributed by atoms with van der Waals surface area (Å²) in [5.41, 5.74) is 2.53. The summed E-state index contributed by atoms with van der Waals surface area (Å²) in [7, 11) is 1.57. The van der Waals surface area contributed by atoms with Gasteiger partial charge >= 0.3 is 0 Å². The summed E-state index contributed by atoms with van der Waals surface area (Å²) in [6, 6.07) is 14.6. The molecule has 0 atom stereocenters. The van der Waals surface area contributed by atoms with Gasteiger partial charge in [-0.05, 0) is 30.7 Å². The van der Waals surface area contributed by atoms with Crippen molar-refractivity contribution in [3.05, 3.63) is 75.6 Å². The van der Waals surface area contributed by atoms with Gasteiger partial charge in [-0.15, -0.1) is 0 Å². The molecule has 0 aliphatic heterocycles. The number of carbonyl (C=O) groups excluding carboxylic acids is 1. The highest BCUT2D eigenvalue weighted by molar-refractivity contribution is 6.00. The number of para-hydroxylation sites is 1. The third kappa shape index (κ3) is 2.88. The molecule has 0 aliphatic carbocycles. The van der Waals surface area contributed by atoms with Crippen LogP contribution in [0.4, 0.5) is 0 Å². The van der Waals surface area contributed by atoms with Gasteiger partial charge in [-0.25, -0.2) is 0 Å². The topological polar surface area (TPSA) is 59.2 Å². The Hall–Kier alpha value is -2.88. The second kappa shape index (κ2) is 6.08. The van der Waals surface area contributed by atoms with Gasteiger partial charge in [-0.2, -0.15) is 0 Å². The number of Topliss-reactive ketones (excluding diaryl/α,β-unsaturated/α-hetero) is 1. The normalized spacial score (nSPS) is 10.7. The number of pyridine rings is 1. The summed E-state index contributed by atoms with van der Waals surface area (Å²) in [5.74, 6) is 0.603. The quantitative estimate of drug-likeness (QED) is 0.753. The van der Waals surface area contributed by atoms with E-state index in [4.69, 9.17) is 4.74 Å². The Bertz CT molecular complexity index is 941. The molecule has 3 rings (SSSR count). The maximum absolute atomic E-state index is 12.6. The third-order valence-electron chi connectivity index (χ3n) is 4.02. The van der Waals surface area contributed by atoms with Crippen LogP contribution in [0.3, 0.4) is 0 Å². The standard InChI is InChI=1S/C19H17NO3/c1-12-16(15-8-3-4-9-17(15)20-19(12)22)11-18(21)13-6-5-7-14(10-13)23-2/h3-10H,11H2,1-2H3,(H,20,22). The SMILES string of the molecule is COc1cccc(C(=O)Cc2c(C)c(=O)[nH]c3ccccc23)c1. The van der Waals surface area contributed by atoms with Crippen LogP contribution in [0.15, 0.2) is 53.3 Å². The highest BCUT2D eigenvalue weighted by Crippen LogP contribution is 2.21. The van der Waals surface area contributed by atoms with Crippen LogP contribution >= 0.6 is 0 Å². The number of ketones is 1. The molecule has 0 radical (unpaired) electrons. The molecule has 0 fully saturated rings. The van der Waals surface area contributed by atoms with Crippen LogP contribution < -0.4 is 10.3 Å².